The van der Waals surface area contributed by atoms with Crippen LogP contribution >= 0.6 is 11.8 Å². The predicted octanol–water partition coefficient (Wildman–Crippen LogP) is 2.18. The van der Waals surface area contributed by atoms with Gasteiger partial charge in [-0.3, -0.25) is 4.79 Å². The number of carbonyl (C=O) groups excluding carboxylic acids is 1. The quantitative estimate of drug-likeness (QED) is 0.610. The van der Waals surface area contributed by atoms with Crippen LogP contribution in [0.2, 0.25) is 0 Å². The number of aromatic hydroxyl groups is 1. The number of thioether (sulfide) groups is 1. The minimum Gasteiger partial charge on any atom is -0.508 e. The third-order valence-corrected chi connectivity index (χ3v) is 5.06. The van der Waals surface area contributed by atoms with Crippen LogP contribution in [0.4, 0.5) is 5.69 Å². The molecule has 3 aromatic rings. The molecule has 0 aliphatic rings. The van der Waals surface area contributed by atoms with Crippen LogP contribution in [0.1, 0.15) is 5.56 Å². The largest absolute Gasteiger partial charge is 0.508 e. The predicted molar refractivity (Wildman–Crippen MR) is 109 cm³/mol. The van der Waals surface area contributed by atoms with Gasteiger partial charge in [0.15, 0.2) is 0 Å². The number of phenolic OH excluding ortho intramolecular Hbond substituents is 1. The maximum atomic E-state index is 12.5. The molecule has 2 aromatic carbocycles. The number of carbonyl (C=O) groups is 1. The number of nitrogens with zero attached hydrogens (tertiary/aromatic N) is 6. The van der Waals surface area contributed by atoms with E-state index in [4.69, 9.17) is 0 Å². The van der Waals surface area contributed by atoms with E-state index in [2.05, 4.69) is 15.5 Å². The van der Waals surface area contributed by atoms with E-state index < -0.39 is 0 Å². The summed E-state index contributed by atoms with van der Waals surface area (Å²) in [5.74, 6) is 0.383. The first-order valence-electron chi connectivity index (χ1n) is 8.65. The lowest BCUT2D eigenvalue weighted by Gasteiger charge is -2.18. The molecule has 8 nitrogen and oxygen atoms in total. The molecular weight excluding hydrogens is 376 g/mol. The Balaban J connectivity index is 1.58. The summed E-state index contributed by atoms with van der Waals surface area (Å²) in [5, 5.41) is 21.5. The molecule has 0 aliphatic carbocycles. The molecule has 0 bridgehead atoms. The first-order valence-corrected chi connectivity index (χ1v) is 9.63. The summed E-state index contributed by atoms with van der Waals surface area (Å²) in [6, 6.07) is 14.7. The van der Waals surface area contributed by atoms with Gasteiger partial charge >= 0.3 is 0 Å². The van der Waals surface area contributed by atoms with E-state index in [0.29, 0.717) is 17.4 Å². The molecule has 0 fully saturated rings. The average molecular weight is 398 g/mol. The molecule has 1 N–H and O–H groups in total. The van der Waals surface area contributed by atoms with E-state index in [0.717, 1.165) is 11.3 Å². The van der Waals surface area contributed by atoms with Crippen molar-refractivity contribution in [3.8, 4) is 11.4 Å². The summed E-state index contributed by atoms with van der Waals surface area (Å²) in [7, 11) is 5.77. The molecule has 0 radical (unpaired) electrons. The molecule has 0 spiro atoms. The fraction of sp³-hybridized carbons (Fsp3) is 0.263. The van der Waals surface area contributed by atoms with Crippen molar-refractivity contribution in [2.75, 3.05) is 31.8 Å². The van der Waals surface area contributed by atoms with Crippen molar-refractivity contribution in [3.05, 3.63) is 54.1 Å². The molecule has 0 saturated carbocycles. The minimum atomic E-state index is -0.0121. The van der Waals surface area contributed by atoms with E-state index in [9.17, 15) is 9.90 Å². The molecular formula is C19H22N6O2S. The molecule has 1 aromatic heterocycles. The van der Waals surface area contributed by atoms with Gasteiger partial charge in [0.1, 0.15) is 5.75 Å². The number of anilines is 1. The zero-order valence-corrected chi connectivity index (χ0v) is 16.8. The van der Waals surface area contributed by atoms with Crippen molar-refractivity contribution in [1.29, 1.82) is 0 Å². The molecule has 0 aliphatic heterocycles. The zero-order valence-electron chi connectivity index (χ0n) is 16.0. The van der Waals surface area contributed by atoms with Gasteiger partial charge in [-0.05, 0) is 52.4 Å². The zero-order chi connectivity index (χ0) is 20.1. The summed E-state index contributed by atoms with van der Waals surface area (Å²) in [6.07, 6.45) is 0. The number of hydrogen-bond acceptors (Lipinski definition) is 7. The smallest absolute Gasteiger partial charge is 0.233 e. The number of rotatable bonds is 7. The summed E-state index contributed by atoms with van der Waals surface area (Å²) in [6.45, 7) is 0.538. The van der Waals surface area contributed by atoms with Gasteiger partial charge in [-0.15, -0.1) is 5.10 Å². The third-order valence-electron chi connectivity index (χ3n) is 4.16. The lowest BCUT2D eigenvalue weighted by molar-refractivity contribution is -0.127. The van der Waals surface area contributed by atoms with Crippen molar-refractivity contribution >= 4 is 23.4 Å². The molecule has 1 heterocycles. The monoisotopic (exact) mass is 398 g/mol. The van der Waals surface area contributed by atoms with Crippen molar-refractivity contribution in [1.82, 2.24) is 25.1 Å². The Morgan fingerprint density at radius 2 is 1.75 bits per heavy atom. The van der Waals surface area contributed by atoms with E-state index in [1.807, 2.05) is 43.3 Å². The molecule has 0 saturated heterocycles. The summed E-state index contributed by atoms with van der Waals surface area (Å²) >= 11 is 1.27. The Kier molecular flexibility index (Phi) is 6.15. The topological polar surface area (TPSA) is 87.4 Å². The van der Waals surface area contributed by atoms with Gasteiger partial charge in [0.2, 0.25) is 11.1 Å². The van der Waals surface area contributed by atoms with Crippen molar-refractivity contribution in [2.24, 2.45) is 0 Å². The molecule has 28 heavy (non-hydrogen) atoms. The van der Waals surface area contributed by atoms with Crippen molar-refractivity contribution in [2.45, 2.75) is 11.7 Å². The molecule has 0 unspecified atom stereocenters. The van der Waals surface area contributed by atoms with E-state index in [-0.39, 0.29) is 17.4 Å². The van der Waals surface area contributed by atoms with E-state index in [1.165, 1.54) is 16.4 Å². The highest BCUT2D eigenvalue weighted by atomic mass is 32.2. The highest BCUT2D eigenvalue weighted by molar-refractivity contribution is 7.99. The van der Waals surface area contributed by atoms with E-state index in [1.54, 1.807) is 36.2 Å². The van der Waals surface area contributed by atoms with Crippen LogP contribution in [0.15, 0.2) is 53.7 Å². The summed E-state index contributed by atoms with van der Waals surface area (Å²) in [4.78, 5) is 16.2. The molecule has 9 heteroatoms. The number of phenols is 1. The Labute approximate surface area is 167 Å². The SMILES string of the molecule is CN(Cc1ccc(N(C)C)cc1)C(=O)CSc1nnnn1-c1ccc(O)cc1. The summed E-state index contributed by atoms with van der Waals surface area (Å²) < 4.78 is 1.54. The standard InChI is InChI=1S/C19H22N6O2S/c1-23(2)15-6-4-14(5-7-15)12-24(3)18(27)13-28-19-20-21-22-25(19)16-8-10-17(26)11-9-16/h4-11,26H,12-13H2,1-3H3. The second-order valence-electron chi connectivity index (χ2n) is 6.49. The van der Waals surface area contributed by atoms with Gasteiger partial charge in [-0.1, -0.05) is 23.9 Å². The average Bonchev–Trinajstić information content (AvgIpc) is 3.15. The van der Waals surface area contributed by atoms with Gasteiger partial charge in [-0.25, -0.2) is 0 Å². The van der Waals surface area contributed by atoms with Gasteiger partial charge in [0.05, 0.1) is 11.4 Å². The van der Waals surface area contributed by atoms with Gasteiger partial charge in [0, 0.05) is 33.4 Å². The minimum absolute atomic E-state index is 0.0121. The van der Waals surface area contributed by atoms with Crippen LogP contribution < -0.4 is 4.90 Å². The maximum Gasteiger partial charge on any atom is 0.233 e. The van der Waals surface area contributed by atoms with Crippen LogP contribution in [-0.2, 0) is 11.3 Å². The number of benzene rings is 2. The lowest BCUT2D eigenvalue weighted by Crippen LogP contribution is -2.28. The number of hydrogen-bond donors (Lipinski definition) is 1. The molecule has 1 amide bonds. The number of tetrazole rings is 1. The molecule has 0 atom stereocenters. The van der Waals surface area contributed by atoms with Crippen LogP contribution in [0.25, 0.3) is 5.69 Å². The third kappa shape index (κ3) is 4.80. The second kappa shape index (κ2) is 8.75. The fourth-order valence-electron chi connectivity index (χ4n) is 2.52. The highest BCUT2D eigenvalue weighted by Gasteiger charge is 2.14. The number of aromatic nitrogens is 4. The Morgan fingerprint density at radius 1 is 1.07 bits per heavy atom. The first-order chi connectivity index (χ1) is 13.4. The van der Waals surface area contributed by atoms with Gasteiger partial charge in [-0.2, -0.15) is 4.68 Å². The fourth-order valence-corrected chi connectivity index (χ4v) is 3.35. The van der Waals surface area contributed by atoms with Gasteiger partial charge < -0.3 is 14.9 Å². The van der Waals surface area contributed by atoms with E-state index >= 15 is 0 Å². The molecule has 3 rings (SSSR count). The first kappa shape index (κ1) is 19.7. The van der Waals surface area contributed by atoms with Crippen LogP contribution in [0.5, 0.6) is 5.75 Å². The number of amides is 1. The Bertz CT molecular complexity index is 924. The molecule has 146 valence electrons. The van der Waals surface area contributed by atoms with Crippen LogP contribution in [0, 0.1) is 0 Å². The summed E-state index contributed by atoms with van der Waals surface area (Å²) in [5.41, 5.74) is 2.90. The Morgan fingerprint density at radius 3 is 2.39 bits per heavy atom. The highest BCUT2D eigenvalue weighted by Crippen LogP contribution is 2.20. The van der Waals surface area contributed by atoms with Crippen molar-refractivity contribution in [3.63, 3.8) is 0 Å². The van der Waals surface area contributed by atoms with Crippen LogP contribution in [0.3, 0.4) is 0 Å². The van der Waals surface area contributed by atoms with Crippen molar-refractivity contribution < 1.29 is 9.90 Å². The maximum absolute atomic E-state index is 12.5. The normalized spacial score (nSPS) is 10.7. The van der Waals surface area contributed by atoms with Crippen LogP contribution in [-0.4, -0.2) is 63.0 Å². The Hall–Kier alpha value is -3.07. The lowest BCUT2D eigenvalue weighted by atomic mass is 10.2. The second-order valence-corrected chi connectivity index (χ2v) is 7.43. The van der Waals surface area contributed by atoms with Gasteiger partial charge in [0.25, 0.3) is 0 Å².